The van der Waals surface area contributed by atoms with Crippen molar-refractivity contribution >= 4 is 33.5 Å². The summed E-state index contributed by atoms with van der Waals surface area (Å²) in [6, 6.07) is 15.1. The second-order valence-electron chi connectivity index (χ2n) is 5.42. The van der Waals surface area contributed by atoms with E-state index in [9.17, 15) is 14.9 Å². The zero-order valence-corrected chi connectivity index (χ0v) is 12.8. The molecule has 0 fully saturated rings. The lowest BCUT2D eigenvalue weighted by atomic mass is 10.2. The number of nitrogens with one attached hydrogen (secondary N) is 1. The van der Waals surface area contributed by atoms with E-state index in [2.05, 4.69) is 9.97 Å². The molecule has 0 aliphatic carbocycles. The van der Waals surface area contributed by atoms with Crippen molar-refractivity contribution in [2.45, 2.75) is 0 Å². The van der Waals surface area contributed by atoms with Crippen molar-refractivity contribution in [2.24, 2.45) is 0 Å². The van der Waals surface area contributed by atoms with E-state index in [1.54, 1.807) is 24.3 Å². The number of pyridine rings is 1. The molecule has 7 heteroatoms. The molecule has 7 nitrogen and oxygen atoms in total. The number of aromatic nitrogens is 2. The van der Waals surface area contributed by atoms with E-state index in [1.807, 2.05) is 18.2 Å². The quantitative estimate of drug-likeness (QED) is 0.349. The molecule has 122 valence electrons. The average molecular weight is 333 g/mol. The first-order valence-electron chi connectivity index (χ1n) is 7.45. The van der Waals surface area contributed by atoms with E-state index in [4.69, 9.17) is 4.74 Å². The Labute approximate surface area is 141 Å². The van der Waals surface area contributed by atoms with Crippen LogP contribution in [0.1, 0.15) is 10.5 Å². The van der Waals surface area contributed by atoms with Gasteiger partial charge in [0.1, 0.15) is 5.69 Å². The van der Waals surface area contributed by atoms with Gasteiger partial charge in [-0.15, -0.1) is 0 Å². The summed E-state index contributed by atoms with van der Waals surface area (Å²) in [5.41, 5.74) is 1.41. The minimum absolute atomic E-state index is 0.0757. The molecule has 0 amide bonds. The third-order valence-corrected chi connectivity index (χ3v) is 3.85. The highest BCUT2D eigenvalue weighted by atomic mass is 16.6. The molecule has 0 atom stereocenters. The molecule has 25 heavy (non-hydrogen) atoms. The number of nitro benzene ring substituents is 1. The standard InChI is InChI=1S/C18H11N3O4/c22-18(16-7-5-11-3-1-2-4-14(11)20-16)25-17-10-19-15-8-6-12(21(23)24)9-13(15)17/h1-10,19H. The predicted molar refractivity (Wildman–Crippen MR) is 91.7 cm³/mol. The van der Waals surface area contributed by atoms with Crippen molar-refractivity contribution in [3.63, 3.8) is 0 Å². The summed E-state index contributed by atoms with van der Waals surface area (Å²) in [4.78, 5) is 30.0. The number of benzene rings is 2. The molecule has 0 aliphatic rings. The molecule has 0 saturated carbocycles. The van der Waals surface area contributed by atoms with E-state index >= 15 is 0 Å². The highest BCUT2D eigenvalue weighted by Crippen LogP contribution is 2.29. The highest BCUT2D eigenvalue weighted by molar-refractivity contribution is 5.96. The normalized spacial score (nSPS) is 10.9. The number of esters is 1. The lowest BCUT2D eigenvalue weighted by molar-refractivity contribution is -0.384. The fourth-order valence-electron chi connectivity index (χ4n) is 2.61. The summed E-state index contributed by atoms with van der Waals surface area (Å²) < 4.78 is 5.38. The number of nitro groups is 1. The molecule has 0 spiro atoms. The van der Waals surface area contributed by atoms with Crippen LogP contribution in [0, 0.1) is 10.1 Å². The smallest absolute Gasteiger partial charge is 0.362 e. The van der Waals surface area contributed by atoms with Crippen LogP contribution in [0.2, 0.25) is 0 Å². The minimum atomic E-state index is -0.627. The first-order chi connectivity index (χ1) is 12.1. The maximum absolute atomic E-state index is 12.4. The average Bonchev–Trinajstić information content (AvgIpc) is 3.03. The van der Waals surface area contributed by atoms with Gasteiger partial charge in [0.2, 0.25) is 0 Å². The van der Waals surface area contributed by atoms with Crippen molar-refractivity contribution in [3.05, 3.63) is 76.6 Å². The van der Waals surface area contributed by atoms with Crippen molar-refractivity contribution in [3.8, 4) is 5.75 Å². The Morgan fingerprint density at radius 3 is 2.80 bits per heavy atom. The summed E-state index contributed by atoms with van der Waals surface area (Å²) in [5, 5.41) is 12.3. The SMILES string of the molecule is O=C(Oc1c[nH]c2ccc([N+](=O)[O-])cc12)c1ccc2ccccc2n1. The number of aromatic amines is 1. The van der Waals surface area contributed by atoms with Crippen molar-refractivity contribution in [2.75, 3.05) is 0 Å². The molecule has 0 radical (unpaired) electrons. The second kappa shape index (κ2) is 5.72. The Morgan fingerprint density at radius 2 is 1.96 bits per heavy atom. The number of rotatable bonds is 3. The number of fused-ring (bicyclic) bond motifs is 2. The second-order valence-corrected chi connectivity index (χ2v) is 5.42. The van der Waals surface area contributed by atoms with Crippen LogP contribution >= 0.6 is 0 Å². The Kier molecular flexibility index (Phi) is 3.39. The van der Waals surface area contributed by atoms with Crippen molar-refractivity contribution < 1.29 is 14.5 Å². The van der Waals surface area contributed by atoms with Crippen LogP contribution in [0.15, 0.2) is 60.8 Å². The third-order valence-electron chi connectivity index (χ3n) is 3.85. The number of hydrogen-bond donors (Lipinski definition) is 1. The van der Waals surface area contributed by atoms with Crippen LogP contribution in [0.25, 0.3) is 21.8 Å². The van der Waals surface area contributed by atoms with Gasteiger partial charge in [0.25, 0.3) is 5.69 Å². The van der Waals surface area contributed by atoms with Gasteiger partial charge in [-0.1, -0.05) is 24.3 Å². The van der Waals surface area contributed by atoms with E-state index in [1.165, 1.54) is 18.3 Å². The zero-order valence-electron chi connectivity index (χ0n) is 12.8. The van der Waals surface area contributed by atoms with E-state index in [0.717, 1.165) is 5.39 Å². The predicted octanol–water partition coefficient (Wildman–Crippen LogP) is 3.84. The number of para-hydroxylation sites is 1. The maximum atomic E-state index is 12.4. The van der Waals surface area contributed by atoms with Gasteiger partial charge in [0.05, 0.1) is 10.4 Å². The van der Waals surface area contributed by atoms with Gasteiger partial charge in [-0.2, -0.15) is 0 Å². The van der Waals surface area contributed by atoms with Gasteiger partial charge >= 0.3 is 5.97 Å². The Morgan fingerprint density at radius 1 is 1.12 bits per heavy atom. The zero-order chi connectivity index (χ0) is 17.4. The maximum Gasteiger partial charge on any atom is 0.362 e. The van der Waals surface area contributed by atoms with E-state index in [-0.39, 0.29) is 17.1 Å². The van der Waals surface area contributed by atoms with E-state index < -0.39 is 10.9 Å². The summed E-state index contributed by atoms with van der Waals surface area (Å²) in [6.07, 6.45) is 1.49. The molecular weight excluding hydrogens is 322 g/mol. The molecule has 0 saturated heterocycles. The van der Waals surface area contributed by atoms with Crippen LogP contribution in [-0.2, 0) is 0 Å². The topological polar surface area (TPSA) is 98.1 Å². The van der Waals surface area contributed by atoms with Crippen LogP contribution < -0.4 is 4.74 Å². The molecule has 0 bridgehead atoms. The number of ether oxygens (including phenoxy) is 1. The number of carbonyl (C=O) groups is 1. The lowest BCUT2D eigenvalue weighted by Crippen LogP contribution is -2.10. The fourth-order valence-corrected chi connectivity index (χ4v) is 2.61. The molecule has 1 N–H and O–H groups in total. The van der Waals surface area contributed by atoms with Crippen molar-refractivity contribution in [1.29, 1.82) is 0 Å². The van der Waals surface area contributed by atoms with Gasteiger partial charge in [-0.3, -0.25) is 10.1 Å². The largest absolute Gasteiger partial charge is 0.420 e. The Bertz CT molecular complexity index is 1130. The number of nitrogens with zero attached hydrogens (tertiary/aromatic N) is 2. The van der Waals surface area contributed by atoms with Crippen molar-refractivity contribution in [1.82, 2.24) is 9.97 Å². The monoisotopic (exact) mass is 333 g/mol. The van der Waals surface area contributed by atoms with Gasteiger partial charge in [0, 0.05) is 34.6 Å². The van der Waals surface area contributed by atoms with Gasteiger partial charge in [-0.05, 0) is 18.2 Å². The summed E-state index contributed by atoms with van der Waals surface area (Å²) in [6.45, 7) is 0. The van der Waals surface area contributed by atoms with Crippen LogP contribution in [0.4, 0.5) is 5.69 Å². The Hall–Kier alpha value is -3.74. The molecule has 4 rings (SSSR count). The number of H-pyrrole nitrogens is 1. The minimum Gasteiger partial charge on any atom is -0.420 e. The summed E-state index contributed by atoms with van der Waals surface area (Å²) in [5.74, 6) is -0.406. The van der Waals surface area contributed by atoms with Gasteiger partial charge in [-0.25, -0.2) is 9.78 Å². The highest BCUT2D eigenvalue weighted by Gasteiger charge is 2.16. The molecule has 0 aliphatic heterocycles. The van der Waals surface area contributed by atoms with Gasteiger partial charge < -0.3 is 9.72 Å². The van der Waals surface area contributed by atoms with Crippen LogP contribution in [-0.4, -0.2) is 20.9 Å². The van der Waals surface area contributed by atoms with Crippen LogP contribution in [0.3, 0.4) is 0 Å². The molecule has 4 aromatic rings. The molecule has 2 aromatic carbocycles. The number of hydrogen-bond acceptors (Lipinski definition) is 5. The Balaban J connectivity index is 1.68. The molecule has 2 aromatic heterocycles. The first kappa shape index (κ1) is 14.8. The molecule has 0 unspecified atom stereocenters. The molecular formula is C18H11N3O4. The molecule has 2 heterocycles. The fraction of sp³-hybridized carbons (Fsp3) is 0. The lowest BCUT2D eigenvalue weighted by Gasteiger charge is -2.04. The summed E-state index contributed by atoms with van der Waals surface area (Å²) in [7, 11) is 0. The number of non-ortho nitro benzene ring substituents is 1. The summed E-state index contributed by atoms with van der Waals surface area (Å²) >= 11 is 0. The third kappa shape index (κ3) is 2.67. The van der Waals surface area contributed by atoms with Crippen LogP contribution in [0.5, 0.6) is 5.75 Å². The first-order valence-corrected chi connectivity index (χ1v) is 7.45. The van der Waals surface area contributed by atoms with E-state index in [0.29, 0.717) is 16.4 Å². The van der Waals surface area contributed by atoms with Gasteiger partial charge in [0.15, 0.2) is 5.75 Å². The number of carbonyl (C=O) groups excluding carboxylic acids is 1.